The molecule has 1 aliphatic rings. The van der Waals surface area contributed by atoms with Crippen LogP contribution in [-0.4, -0.2) is 22.3 Å². The largest absolute Gasteiger partial charge is 0.289 e. The van der Waals surface area contributed by atoms with E-state index in [1.54, 1.807) is 6.21 Å². The molecule has 5 nitrogen and oxygen atoms in total. The number of hydrazone groups is 1. The van der Waals surface area contributed by atoms with E-state index in [1.807, 2.05) is 49.4 Å². The molecule has 5 heteroatoms. The van der Waals surface area contributed by atoms with Gasteiger partial charge in [-0.1, -0.05) is 48.5 Å². The lowest BCUT2D eigenvalue weighted by Crippen LogP contribution is -2.20. The van der Waals surface area contributed by atoms with E-state index < -0.39 is 0 Å². The molecule has 0 saturated heterocycles. The van der Waals surface area contributed by atoms with Crippen LogP contribution in [0.2, 0.25) is 0 Å². The Bertz CT molecular complexity index is 971. The predicted octanol–water partition coefficient (Wildman–Crippen LogP) is 3.25. The van der Waals surface area contributed by atoms with Crippen molar-refractivity contribution in [1.29, 1.82) is 0 Å². The maximum absolute atomic E-state index is 12.5. The number of nitrogens with zero attached hydrogens (tertiary/aromatic N) is 2. The zero-order valence-electron chi connectivity index (χ0n) is 13.9. The number of fused-ring (bicyclic) bond motifs is 3. The minimum Gasteiger partial charge on any atom is -0.272 e. The van der Waals surface area contributed by atoms with E-state index in [4.69, 9.17) is 0 Å². The lowest BCUT2D eigenvalue weighted by atomic mass is 9.89. The smallest absolute Gasteiger partial charge is 0.272 e. The number of carbonyl (C=O) groups excluding carboxylic acids is 1. The molecule has 1 amide bonds. The van der Waals surface area contributed by atoms with Crippen molar-refractivity contribution in [2.75, 3.05) is 0 Å². The van der Waals surface area contributed by atoms with Crippen molar-refractivity contribution in [3.05, 3.63) is 76.5 Å². The number of aromatic nitrogens is 2. The summed E-state index contributed by atoms with van der Waals surface area (Å²) < 4.78 is 0. The summed E-state index contributed by atoms with van der Waals surface area (Å²) >= 11 is 0. The van der Waals surface area contributed by atoms with Crippen molar-refractivity contribution in [3.8, 4) is 11.3 Å². The van der Waals surface area contributed by atoms with Gasteiger partial charge in [0, 0.05) is 11.1 Å². The molecule has 1 heterocycles. The van der Waals surface area contributed by atoms with Crippen LogP contribution in [0.3, 0.4) is 0 Å². The number of hydrogen-bond acceptors (Lipinski definition) is 3. The van der Waals surface area contributed by atoms with E-state index in [2.05, 4.69) is 26.8 Å². The fourth-order valence-corrected chi connectivity index (χ4v) is 3.20. The highest BCUT2D eigenvalue weighted by atomic mass is 16.2. The highest BCUT2D eigenvalue weighted by molar-refractivity contribution is 5.96. The Morgan fingerprint density at radius 1 is 1.16 bits per heavy atom. The third kappa shape index (κ3) is 2.85. The second-order valence-electron chi connectivity index (χ2n) is 6.14. The van der Waals surface area contributed by atoms with Crippen LogP contribution in [0.15, 0.2) is 53.6 Å². The Morgan fingerprint density at radius 3 is 2.84 bits per heavy atom. The molecular weight excluding hydrogens is 312 g/mol. The van der Waals surface area contributed by atoms with Crippen LogP contribution in [0, 0.1) is 6.92 Å². The molecule has 0 spiro atoms. The first-order valence-corrected chi connectivity index (χ1v) is 8.28. The van der Waals surface area contributed by atoms with E-state index in [0.29, 0.717) is 5.69 Å². The summed E-state index contributed by atoms with van der Waals surface area (Å²) in [5.74, 6) is -0.266. The molecule has 3 aromatic rings. The van der Waals surface area contributed by atoms with Crippen molar-refractivity contribution < 1.29 is 4.79 Å². The molecule has 1 aliphatic carbocycles. The van der Waals surface area contributed by atoms with Gasteiger partial charge in [0.15, 0.2) is 0 Å². The number of benzene rings is 2. The molecule has 0 fully saturated rings. The van der Waals surface area contributed by atoms with Crippen LogP contribution in [0.25, 0.3) is 11.3 Å². The lowest BCUT2D eigenvalue weighted by Gasteiger charge is -2.15. The normalized spacial score (nSPS) is 12.7. The SMILES string of the molecule is Cc1ccccc1/C=N\NC(=O)c1[nH]nc2c1CCc1ccccc1-2. The molecular formula is C20H18N4O. The zero-order valence-corrected chi connectivity index (χ0v) is 13.9. The standard InChI is InChI=1S/C20H18N4O/c1-13-6-2-3-8-15(13)12-21-24-20(25)19-17-11-10-14-7-4-5-9-16(14)18(17)22-23-19/h2-9,12H,10-11H2,1H3,(H,22,23)(H,24,25)/b21-12-. The van der Waals surface area contributed by atoms with Gasteiger partial charge >= 0.3 is 0 Å². The summed E-state index contributed by atoms with van der Waals surface area (Å²) in [7, 11) is 0. The van der Waals surface area contributed by atoms with Gasteiger partial charge in [-0.05, 0) is 36.5 Å². The molecule has 0 aliphatic heterocycles. The summed E-state index contributed by atoms with van der Waals surface area (Å²) in [5, 5.41) is 11.3. The number of amides is 1. The quantitative estimate of drug-likeness (QED) is 0.572. The van der Waals surface area contributed by atoms with E-state index in [0.717, 1.165) is 40.8 Å². The number of rotatable bonds is 3. The summed E-state index contributed by atoms with van der Waals surface area (Å²) in [6.07, 6.45) is 3.37. The maximum atomic E-state index is 12.5. The molecule has 2 N–H and O–H groups in total. The van der Waals surface area contributed by atoms with Crippen LogP contribution < -0.4 is 5.43 Å². The number of carbonyl (C=O) groups is 1. The molecule has 124 valence electrons. The highest BCUT2D eigenvalue weighted by Crippen LogP contribution is 2.33. The minimum atomic E-state index is -0.266. The van der Waals surface area contributed by atoms with Crippen LogP contribution in [0.1, 0.15) is 32.7 Å². The number of aromatic amines is 1. The first kappa shape index (κ1) is 15.3. The maximum Gasteiger partial charge on any atom is 0.289 e. The Balaban J connectivity index is 1.55. The monoisotopic (exact) mass is 330 g/mol. The zero-order chi connectivity index (χ0) is 17.2. The Kier molecular flexibility index (Phi) is 3.90. The number of aryl methyl sites for hydroxylation is 2. The summed E-state index contributed by atoms with van der Waals surface area (Å²) in [6.45, 7) is 2.01. The summed E-state index contributed by atoms with van der Waals surface area (Å²) in [5.41, 5.74) is 9.37. The molecule has 0 bridgehead atoms. The molecule has 1 aromatic heterocycles. The molecule has 25 heavy (non-hydrogen) atoms. The molecule has 2 aromatic carbocycles. The van der Waals surface area contributed by atoms with Crippen molar-refractivity contribution >= 4 is 12.1 Å². The van der Waals surface area contributed by atoms with E-state index in [1.165, 1.54) is 5.56 Å². The van der Waals surface area contributed by atoms with Crippen molar-refractivity contribution in [3.63, 3.8) is 0 Å². The fraction of sp³-hybridized carbons (Fsp3) is 0.150. The van der Waals surface area contributed by atoms with Crippen LogP contribution in [0.4, 0.5) is 0 Å². The molecule has 0 unspecified atom stereocenters. The molecule has 0 saturated carbocycles. The average molecular weight is 330 g/mol. The van der Waals surface area contributed by atoms with E-state index in [9.17, 15) is 4.79 Å². The van der Waals surface area contributed by atoms with Gasteiger partial charge in [0.05, 0.1) is 11.9 Å². The second kappa shape index (κ2) is 6.36. The first-order valence-electron chi connectivity index (χ1n) is 8.28. The van der Waals surface area contributed by atoms with Crippen LogP contribution in [-0.2, 0) is 12.8 Å². The average Bonchev–Trinajstić information content (AvgIpc) is 3.08. The van der Waals surface area contributed by atoms with Gasteiger partial charge in [-0.25, -0.2) is 5.43 Å². The Morgan fingerprint density at radius 2 is 1.96 bits per heavy atom. The van der Waals surface area contributed by atoms with E-state index >= 15 is 0 Å². The van der Waals surface area contributed by atoms with Gasteiger partial charge in [0.2, 0.25) is 0 Å². The summed E-state index contributed by atoms with van der Waals surface area (Å²) in [4.78, 5) is 12.5. The van der Waals surface area contributed by atoms with Gasteiger partial charge in [0.25, 0.3) is 5.91 Å². The van der Waals surface area contributed by atoms with Crippen LogP contribution >= 0.6 is 0 Å². The first-order chi connectivity index (χ1) is 12.2. The molecule has 4 rings (SSSR count). The number of hydrogen-bond donors (Lipinski definition) is 2. The van der Waals surface area contributed by atoms with Gasteiger partial charge in [-0.2, -0.15) is 10.2 Å². The van der Waals surface area contributed by atoms with Gasteiger partial charge in [-0.3, -0.25) is 9.89 Å². The predicted molar refractivity (Wildman–Crippen MR) is 97.7 cm³/mol. The van der Waals surface area contributed by atoms with Crippen molar-refractivity contribution in [2.45, 2.75) is 19.8 Å². The third-order valence-electron chi connectivity index (χ3n) is 4.57. The molecule has 0 radical (unpaired) electrons. The third-order valence-corrected chi connectivity index (χ3v) is 4.57. The van der Waals surface area contributed by atoms with E-state index in [-0.39, 0.29) is 5.91 Å². The lowest BCUT2D eigenvalue weighted by molar-refractivity contribution is 0.0949. The van der Waals surface area contributed by atoms with Crippen molar-refractivity contribution in [2.24, 2.45) is 5.10 Å². The number of nitrogens with one attached hydrogen (secondary N) is 2. The van der Waals surface area contributed by atoms with Gasteiger partial charge in [-0.15, -0.1) is 0 Å². The van der Waals surface area contributed by atoms with Gasteiger partial charge < -0.3 is 0 Å². The topological polar surface area (TPSA) is 70.1 Å². The van der Waals surface area contributed by atoms with Crippen molar-refractivity contribution in [1.82, 2.24) is 15.6 Å². The Labute approximate surface area is 145 Å². The molecule has 0 atom stereocenters. The van der Waals surface area contributed by atoms with Crippen LogP contribution in [0.5, 0.6) is 0 Å². The second-order valence-corrected chi connectivity index (χ2v) is 6.14. The fourth-order valence-electron chi connectivity index (χ4n) is 3.20. The highest BCUT2D eigenvalue weighted by Gasteiger charge is 2.24. The summed E-state index contributed by atoms with van der Waals surface area (Å²) in [6, 6.07) is 16.1. The minimum absolute atomic E-state index is 0.266. The van der Waals surface area contributed by atoms with Gasteiger partial charge in [0.1, 0.15) is 5.69 Å². The number of H-pyrrole nitrogens is 1. The Hall–Kier alpha value is -3.21.